The molecule has 2 aromatic carbocycles. The molecule has 10 heteroatoms. The molecular formula is C20H21ClF2N2O4S. The minimum Gasteiger partial charge on any atom is -0.393 e. The Morgan fingerprint density at radius 2 is 1.80 bits per heavy atom. The Morgan fingerprint density at radius 1 is 1.13 bits per heavy atom. The van der Waals surface area contributed by atoms with Crippen LogP contribution in [0.3, 0.4) is 0 Å². The molecule has 0 aromatic heterocycles. The van der Waals surface area contributed by atoms with Crippen LogP contribution in [0, 0.1) is 17.6 Å². The summed E-state index contributed by atoms with van der Waals surface area (Å²) in [4.78, 5) is 11.9. The van der Waals surface area contributed by atoms with Crippen LogP contribution < -0.4 is 5.32 Å². The van der Waals surface area contributed by atoms with Crippen LogP contribution in [-0.4, -0.2) is 42.9 Å². The van der Waals surface area contributed by atoms with Crippen LogP contribution in [0.4, 0.5) is 14.5 Å². The van der Waals surface area contributed by atoms with Gasteiger partial charge in [0.25, 0.3) is 5.91 Å². The number of nitrogens with one attached hydrogen (secondary N) is 1. The lowest BCUT2D eigenvalue weighted by Gasteiger charge is -2.20. The van der Waals surface area contributed by atoms with Crippen LogP contribution in [0.1, 0.15) is 30.1 Å². The Balaban J connectivity index is 1.86. The van der Waals surface area contributed by atoms with Gasteiger partial charge in [-0.25, -0.2) is 17.2 Å². The molecule has 3 rings (SSSR count). The highest BCUT2D eigenvalue weighted by Crippen LogP contribution is 2.26. The number of carbonyl (C=O) groups is 1. The second kappa shape index (κ2) is 8.97. The Kier molecular flexibility index (Phi) is 6.76. The second-order valence-electron chi connectivity index (χ2n) is 7.25. The van der Waals surface area contributed by atoms with Crippen LogP contribution >= 0.6 is 11.6 Å². The van der Waals surface area contributed by atoms with Crippen molar-refractivity contribution in [3.8, 4) is 0 Å². The van der Waals surface area contributed by atoms with Crippen molar-refractivity contribution in [2.45, 2.75) is 30.8 Å². The Hall–Kier alpha value is -2.07. The van der Waals surface area contributed by atoms with Crippen molar-refractivity contribution >= 4 is 33.2 Å². The Labute approximate surface area is 178 Å². The highest BCUT2D eigenvalue weighted by Gasteiger charge is 2.32. The lowest BCUT2D eigenvalue weighted by atomic mass is 10.0. The lowest BCUT2D eigenvalue weighted by Crippen LogP contribution is -2.33. The van der Waals surface area contributed by atoms with E-state index in [0.717, 1.165) is 28.6 Å². The zero-order chi connectivity index (χ0) is 22.1. The monoisotopic (exact) mass is 458 g/mol. The normalized spacial score (nSPS) is 20.6. The van der Waals surface area contributed by atoms with E-state index in [9.17, 15) is 27.1 Å². The number of benzene rings is 2. The molecule has 6 nitrogen and oxygen atoms in total. The molecule has 0 radical (unpaired) electrons. The molecule has 30 heavy (non-hydrogen) atoms. The molecular weight excluding hydrogens is 438 g/mol. The van der Waals surface area contributed by atoms with Crippen LogP contribution in [0.25, 0.3) is 0 Å². The van der Waals surface area contributed by atoms with E-state index in [0.29, 0.717) is 6.42 Å². The number of hydrogen-bond donors (Lipinski definition) is 2. The number of rotatable bonds is 4. The first kappa shape index (κ1) is 22.6. The van der Waals surface area contributed by atoms with Gasteiger partial charge in [0, 0.05) is 24.3 Å². The summed E-state index contributed by atoms with van der Waals surface area (Å²) in [6.45, 7) is 2.02. The predicted octanol–water partition coefficient (Wildman–Crippen LogP) is 3.65. The van der Waals surface area contributed by atoms with Crippen LogP contribution in [0.15, 0.2) is 41.3 Å². The minimum absolute atomic E-state index is 0.0534. The fourth-order valence-corrected chi connectivity index (χ4v) is 4.95. The van der Waals surface area contributed by atoms with Gasteiger partial charge in [0.15, 0.2) is 0 Å². The van der Waals surface area contributed by atoms with Crippen molar-refractivity contribution in [1.29, 1.82) is 0 Å². The van der Waals surface area contributed by atoms with E-state index in [2.05, 4.69) is 5.32 Å². The largest absolute Gasteiger partial charge is 0.393 e. The molecule has 1 aliphatic rings. The van der Waals surface area contributed by atoms with E-state index in [-0.39, 0.29) is 41.7 Å². The van der Waals surface area contributed by atoms with E-state index >= 15 is 0 Å². The van der Waals surface area contributed by atoms with Gasteiger partial charge < -0.3 is 10.4 Å². The van der Waals surface area contributed by atoms with Crippen molar-refractivity contribution in [3.05, 3.63) is 58.6 Å². The minimum atomic E-state index is -4.21. The van der Waals surface area contributed by atoms with Crippen LogP contribution in [0.2, 0.25) is 5.02 Å². The molecule has 0 bridgehead atoms. The molecule has 0 spiro atoms. The van der Waals surface area contributed by atoms with Gasteiger partial charge in [0.2, 0.25) is 10.0 Å². The third-order valence-corrected chi connectivity index (χ3v) is 7.36. The molecule has 2 N–H and O–H groups in total. The summed E-state index contributed by atoms with van der Waals surface area (Å²) < 4.78 is 54.8. The SMILES string of the molecule is CC1CCN(S(=O)(=O)c2cc(C(=O)Nc3ccc(F)c(Cl)c3)ccc2F)CCC1O. The van der Waals surface area contributed by atoms with E-state index < -0.39 is 38.6 Å². The van der Waals surface area contributed by atoms with Gasteiger partial charge in [-0.2, -0.15) is 4.31 Å². The first-order valence-corrected chi connectivity index (χ1v) is 11.2. The van der Waals surface area contributed by atoms with Gasteiger partial charge in [0.05, 0.1) is 11.1 Å². The van der Waals surface area contributed by atoms with Gasteiger partial charge in [0.1, 0.15) is 16.5 Å². The maximum Gasteiger partial charge on any atom is 0.255 e. The van der Waals surface area contributed by atoms with Crippen molar-refractivity contribution in [2.75, 3.05) is 18.4 Å². The first-order chi connectivity index (χ1) is 14.1. The van der Waals surface area contributed by atoms with Crippen molar-refractivity contribution in [2.24, 2.45) is 5.92 Å². The van der Waals surface area contributed by atoms with Crippen LogP contribution in [0.5, 0.6) is 0 Å². The molecule has 0 saturated carbocycles. The highest BCUT2D eigenvalue weighted by molar-refractivity contribution is 7.89. The predicted molar refractivity (Wildman–Crippen MR) is 109 cm³/mol. The molecule has 0 aliphatic carbocycles. The zero-order valence-corrected chi connectivity index (χ0v) is 17.7. The molecule has 162 valence electrons. The number of sulfonamides is 1. The standard InChI is InChI=1S/C20H21ClF2N2O4S/c1-12-6-8-25(9-7-18(12)26)30(28,29)19-10-13(2-4-17(19)23)20(27)24-14-3-5-16(22)15(21)11-14/h2-5,10-12,18,26H,6-9H2,1H3,(H,24,27). The first-order valence-electron chi connectivity index (χ1n) is 9.34. The maximum atomic E-state index is 14.4. The number of halogens is 3. The van der Waals surface area contributed by atoms with E-state index in [1.165, 1.54) is 12.1 Å². The number of aliphatic hydroxyl groups is 1. The average Bonchev–Trinajstić information content (AvgIpc) is 2.86. The smallest absolute Gasteiger partial charge is 0.255 e. The number of carbonyl (C=O) groups excluding carboxylic acids is 1. The number of nitrogens with zero attached hydrogens (tertiary/aromatic N) is 1. The van der Waals surface area contributed by atoms with Gasteiger partial charge in [-0.15, -0.1) is 0 Å². The fraction of sp³-hybridized carbons (Fsp3) is 0.350. The van der Waals surface area contributed by atoms with Crippen molar-refractivity contribution in [1.82, 2.24) is 4.31 Å². The van der Waals surface area contributed by atoms with Gasteiger partial charge in [-0.3, -0.25) is 4.79 Å². The molecule has 1 saturated heterocycles. The number of anilines is 1. The highest BCUT2D eigenvalue weighted by atomic mass is 35.5. The van der Waals surface area contributed by atoms with E-state index in [1.807, 2.05) is 6.92 Å². The molecule has 1 fully saturated rings. The lowest BCUT2D eigenvalue weighted by molar-refractivity contribution is 0.102. The average molecular weight is 459 g/mol. The summed E-state index contributed by atoms with van der Waals surface area (Å²) in [6, 6.07) is 6.62. The third-order valence-electron chi connectivity index (χ3n) is 5.15. The molecule has 2 aromatic rings. The van der Waals surface area contributed by atoms with E-state index in [1.54, 1.807) is 0 Å². The summed E-state index contributed by atoms with van der Waals surface area (Å²) in [5.41, 5.74) is 0.120. The third kappa shape index (κ3) is 4.80. The Bertz CT molecular complexity index is 1050. The van der Waals surface area contributed by atoms with E-state index in [4.69, 9.17) is 11.6 Å². The van der Waals surface area contributed by atoms with Crippen molar-refractivity contribution in [3.63, 3.8) is 0 Å². The fourth-order valence-electron chi connectivity index (χ4n) is 3.21. The summed E-state index contributed by atoms with van der Waals surface area (Å²) in [6.07, 6.45) is 0.0517. The summed E-state index contributed by atoms with van der Waals surface area (Å²) in [5.74, 6) is -2.40. The number of hydrogen-bond acceptors (Lipinski definition) is 4. The quantitative estimate of drug-likeness (QED) is 0.732. The van der Waals surface area contributed by atoms with Crippen LogP contribution in [-0.2, 0) is 10.0 Å². The van der Waals surface area contributed by atoms with Gasteiger partial charge >= 0.3 is 0 Å². The number of aliphatic hydroxyl groups excluding tert-OH is 1. The molecule has 2 unspecified atom stereocenters. The Morgan fingerprint density at radius 3 is 2.50 bits per heavy atom. The van der Waals surface area contributed by atoms with Gasteiger partial charge in [-0.1, -0.05) is 18.5 Å². The summed E-state index contributed by atoms with van der Waals surface area (Å²) >= 11 is 5.69. The molecule has 1 aliphatic heterocycles. The maximum absolute atomic E-state index is 14.4. The molecule has 2 atom stereocenters. The van der Waals surface area contributed by atoms with Crippen molar-refractivity contribution < 1.29 is 27.1 Å². The topological polar surface area (TPSA) is 86.7 Å². The van der Waals surface area contributed by atoms with Gasteiger partial charge in [-0.05, 0) is 55.2 Å². The molecule has 1 heterocycles. The molecule has 1 amide bonds. The zero-order valence-electron chi connectivity index (χ0n) is 16.1. The summed E-state index contributed by atoms with van der Waals surface area (Å²) in [5, 5.41) is 12.3. The number of amides is 1. The summed E-state index contributed by atoms with van der Waals surface area (Å²) in [7, 11) is -4.21. The second-order valence-corrected chi connectivity index (χ2v) is 9.57.